The minimum absolute atomic E-state index is 0. The molecule has 0 aromatic heterocycles. The fraction of sp³-hybridized carbons (Fsp3) is 0.208. The van der Waals surface area contributed by atoms with Crippen molar-refractivity contribution in [3.63, 3.8) is 0 Å². The zero-order valence-electron chi connectivity index (χ0n) is 35.2. The summed E-state index contributed by atoms with van der Waals surface area (Å²) in [6.07, 6.45) is 1.19. The predicted molar refractivity (Wildman–Crippen MR) is 233 cm³/mol. The molecule has 320 valence electrons. The van der Waals surface area contributed by atoms with Crippen LogP contribution in [0, 0.1) is 6.08 Å². The topological polar surface area (TPSA) is 0 Å². The van der Waals surface area contributed by atoms with Gasteiger partial charge >= 0.3 is 137 Å². The minimum atomic E-state index is -4.40. The standard InChI is InChI=1S/C33H33.C15H8F6.C5H5.2ClH.Hf/c1-32(2,3)30-20-26-24(18-28(30)22-13-9-7-10-14-22)17-25-19-29(23-15-11-8-12-16-23)31(21-27(25)26)33(4,5)6;16-14(17,18)12-5-1-10(2-6-12)9-11-3-7-13(8-4-11)15(19,20)21;1-2-4-5-3-1;;;/h7-21H,1-6H3;1-8H;1-3H,4H2;2*1H;/q-1;;-1;;;+2/p-2. The first kappa shape index (κ1) is 50.2. The Hall–Kier alpha value is -4.43. The summed E-state index contributed by atoms with van der Waals surface area (Å²) in [5.41, 5.74) is 7.83. The van der Waals surface area contributed by atoms with Crippen LogP contribution in [0.5, 0.6) is 0 Å². The molecular weight excluding hydrogens is 1000 g/mol. The predicted octanol–water partition coefficient (Wildman–Crippen LogP) is 9.79. The van der Waals surface area contributed by atoms with Crippen molar-refractivity contribution in [2.75, 3.05) is 0 Å². The molecular formula is C53H46Cl2F6Hf-2. The average Bonchev–Trinajstić information content (AvgIpc) is 3.91. The summed E-state index contributed by atoms with van der Waals surface area (Å²) < 4.78 is 75.7. The molecule has 0 N–H and O–H groups in total. The second-order valence-electron chi connectivity index (χ2n) is 16.9. The van der Waals surface area contributed by atoms with E-state index in [9.17, 15) is 26.3 Å². The van der Waals surface area contributed by atoms with Crippen molar-refractivity contribution >= 4 is 24.8 Å². The maximum atomic E-state index is 12.5. The Labute approximate surface area is 388 Å². The van der Waals surface area contributed by atoms with Crippen LogP contribution < -0.4 is 24.8 Å². The summed E-state index contributed by atoms with van der Waals surface area (Å²) in [6, 6.07) is 42.9. The maximum absolute atomic E-state index is 12.5. The molecule has 62 heavy (non-hydrogen) atoms. The Morgan fingerprint density at radius 3 is 1.18 bits per heavy atom. The van der Waals surface area contributed by atoms with Gasteiger partial charge in [0.15, 0.2) is 0 Å². The number of benzene rings is 6. The summed E-state index contributed by atoms with van der Waals surface area (Å²) in [5, 5.41) is 5.36. The van der Waals surface area contributed by atoms with Crippen molar-refractivity contribution in [3.05, 3.63) is 197 Å². The summed E-state index contributed by atoms with van der Waals surface area (Å²) in [7, 11) is 0. The Morgan fingerprint density at radius 1 is 0.532 bits per heavy atom. The van der Waals surface area contributed by atoms with Crippen molar-refractivity contribution < 1.29 is 75.0 Å². The molecule has 0 fully saturated rings. The normalized spacial score (nSPS) is 12.5. The number of rotatable bonds is 4. The van der Waals surface area contributed by atoms with Crippen molar-refractivity contribution in [2.45, 2.75) is 71.1 Å². The fourth-order valence-electron chi connectivity index (χ4n) is 7.22. The molecule has 1 aliphatic carbocycles. The third-order valence-electron chi connectivity index (χ3n) is 10.4. The first-order valence-corrected chi connectivity index (χ1v) is 21.5. The van der Waals surface area contributed by atoms with E-state index in [4.69, 9.17) is 0 Å². The van der Waals surface area contributed by atoms with Gasteiger partial charge < -0.3 is 24.8 Å². The molecule has 8 rings (SSSR count). The van der Waals surface area contributed by atoms with Gasteiger partial charge in [0, 0.05) is 0 Å². The molecule has 0 nitrogen and oxygen atoms in total. The summed E-state index contributed by atoms with van der Waals surface area (Å²) in [4.78, 5) is 0. The average molecular weight is 1050 g/mol. The molecule has 0 spiro atoms. The fourth-order valence-corrected chi connectivity index (χ4v) is 8.42. The quantitative estimate of drug-likeness (QED) is 0.0937. The Balaban J connectivity index is 0.000000252. The van der Waals surface area contributed by atoms with Crippen LogP contribution in [0.3, 0.4) is 0 Å². The first-order valence-electron chi connectivity index (χ1n) is 19.7. The number of halogens is 8. The van der Waals surface area contributed by atoms with Crippen LogP contribution in [0.2, 0.25) is 0 Å². The van der Waals surface area contributed by atoms with Gasteiger partial charge in [-0.3, -0.25) is 6.08 Å². The molecule has 0 aliphatic heterocycles. The van der Waals surface area contributed by atoms with Crippen LogP contribution >= 0.6 is 0 Å². The number of hydrogen-bond donors (Lipinski definition) is 0. The maximum Gasteiger partial charge on any atom is -0.109 e. The largest absolute Gasteiger partial charge is 1.00 e. The molecule has 0 bridgehead atoms. The van der Waals surface area contributed by atoms with Crippen LogP contribution in [0.25, 0.3) is 43.8 Å². The van der Waals surface area contributed by atoms with Crippen molar-refractivity contribution in [1.82, 2.24) is 0 Å². The van der Waals surface area contributed by atoms with Gasteiger partial charge in [0.05, 0.1) is 0 Å². The van der Waals surface area contributed by atoms with E-state index in [2.05, 4.69) is 145 Å². The van der Waals surface area contributed by atoms with E-state index < -0.39 is 23.5 Å². The molecule has 0 unspecified atom stereocenters. The Morgan fingerprint density at radius 2 is 0.903 bits per heavy atom. The van der Waals surface area contributed by atoms with Crippen LogP contribution in [-0.2, 0) is 47.1 Å². The Kier molecular flexibility index (Phi) is 16.5. The first-order chi connectivity index (χ1) is 28.2. The van der Waals surface area contributed by atoms with Crippen molar-refractivity contribution in [2.24, 2.45) is 0 Å². The van der Waals surface area contributed by atoms with Crippen LogP contribution in [0.4, 0.5) is 26.3 Å². The third kappa shape index (κ3) is 12.2. The molecule has 1 aliphatic rings. The monoisotopic (exact) mass is 1050 g/mol. The molecule has 7 aromatic carbocycles. The van der Waals surface area contributed by atoms with E-state index in [1.54, 1.807) is 0 Å². The second kappa shape index (κ2) is 20.4. The molecule has 9 heteroatoms. The van der Waals surface area contributed by atoms with Crippen LogP contribution in [0.1, 0.15) is 81.3 Å². The second-order valence-corrected chi connectivity index (χ2v) is 18.7. The van der Waals surface area contributed by atoms with Crippen LogP contribution in [0.15, 0.2) is 158 Å². The van der Waals surface area contributed by atoms with Gasteiger partial charge in [0.25, 0.3) is 0 Å². The zero-order valence-corrected chi connectivity index (χ0v) is 40.3. The zero-order chi connectivity index (χ0) is 43.5. The number of alkyl halides is 6. The van der Waals surface area contributed by atoms with E-state index >= 15 is 0 Å². The number of hydrogen-bond acceptors (Lipinski definition) is 0. The Bertz CT molecular complexity index is 2460. The van der Waals surface area contributed by atoms with Crippen LogP contribution in [-0.4, -0.2) is 3.26 Å². The van der Waals surface area contributed by atoms with Gasteiger partial charge in [-0.1, -0.05) is 114 Å². The molecule has 0 amide bonds. The number of fused-ring (bicyclic) bond motifs is 3. The summed E-state index contributed by atoms with van der Waals surface area (Å²) >= 11 is 0.493. The van der Waals surface area contributed by atoms with Gasteiger partial charge in [0.1, 0.15) is 0 Å². The van der Waals surface area contributed by atoms with Gasteiger partial charge in [-0.25, -0.2) is 12.2 Å². The smallest absolute Gasteiger partial charge is 0.109 e. The van der Waals surface area contributed by atoms with Gasteiger partial charge in [-0.05, 0) is 44.2 Å². The molecule has 0 saturated carbocycles. The molecule has 0 radical (unpaired) electrons. The van der Waals surface area contributed by atoms with Crippen molar-refractivity contribution in [1.29, 1.82) is 0 Å². The van der Waals surface area contributed by atoms with E-state index in [0.29, 0.717) is 35.0 Å². The third-order valence-corrected chi connectivity index (χ3v) is 12.4. The number of allylic oxidation sites excluding steroid dienone is 4. The summed E-state index contributed by atoms with van der Waals surface area (Å²) in [5.74, 6) is 0. The van der Waals surface area contributed by atoms with Gasteiger partial charge in [-0.2, -0.15) is 6.08 Å². The summed E-state index contributed by atoms with van der Waals surface area (Å²) in [6.45, 7) is 13.9. The molecule has 0 atom stereocenters. The van der Waals surface area contributed by atoms with Gasteiger partial charge in [0.2, 0.25) is 0 Å². The van der Waals surface area contributed by atoms with E-state index in [1.165, 1.54) is 79.2 Å². The van der Waals surface area contributed by atoms with E-state index in [1.807, 2.05) is 12.2 Å². The van der Waals surface area contributed by atoms with E-state index in [0.717, 1.165) is 33.9 Å². The van der Waals surface area contributed by atoms with Gasteiger partial charge in [-0.15, -0.1) is 46.2 Å². The molecule has 0 heterocycles. The SMILES string of the molecule is CC(C)(C)c1cc2c(cc1-c1ccccc1)[cH-]c1cc(-c3ccccc3)c(C(C)(C)C)cc12.FC(F)(F)c1ccc([C](=[Hf+2])c2ccc(C(F)(F)F)cc2)cc1.[C-]1=CC=CC1.[Cl-].[Cl-]. The van der Waals surface area contributed by atoms with Crippen molar-refractivity contribution in [3.8, 4) is 22.3 Å². The van der Waals surface area contributed by atoms with E-state index in [-0.39, 0.29) is 35.6 Å². The minimum Gasteiger partial charge on any atom is -1.00 e. The molecule has 0 saturated heterocycles. The molecule has 7 aromatic rings.